The monoisotopic (exact) mass is 497 g/mol. The number of piperidine rings is 1. The highest BCUT2D eigenvalue weighted by molar-refractivity contribution is 6.31. The van der Waals surface area contributed by atoms with Crippen LogP contribution in [0.5, 0.6) is 0 Å². The number of likely N-dealkylation sites (tertiary alicyclic amines) is 1. The SMILES string of the molecule is Cc1ccc(C(C)Nc2nc(N3CC(C4CCCN(C5CC(C(=O)O)C5)C4)C3)ncc2C)c(Cl)c1. The highest BCUT2D eigenvalue weighted by Crippen LogP contribution is 2.38. The molecule has 1 aromatic carbocycles. The van der Waals surface area contributed by atoms with E-state index in [1.807, 2.05) is 26.1 Å². The van der Waals surface area contributed by atoms with Gasteiger partial charge in [0.15, 0.2) is 0 Å². The number of aromatic nitrogens is 2. The molecular formula is C27H36ClN5O2. The highest BCUT2D eigenvalue weighted by atomic mass is 35.5. The Bertz CT molecular complexity index is 1080. The summed E-state index contributed by atoms with van der Waals surface area (Å²) in [4.78, 5) is 25.5. The molecule has 0 amide bonds. The number of carbonyl (C=O) groups is 1. The van der Waals surface area contributed by atoms with Gasteiger partial charge in [0.1, 0.15) is 5.82 Å². The minimum atomic E-state index is -0.632. The number of anilines is 2. The largest absolute Gasteiger partial charge is 0.481 e. The summed E-state index contributed by atoms with van der Waals surface area (Å²) >= 11 is 6.49. The second-order valence-corrected chi connectivity index (χ2v) is 11.2. The van der Waals surface area contributed by atoms with E-state index in [1.54, 1.807) is 0 Å². The van der Waals surface area contributed by atoms with Crippen LogP contribution >= 0.6 is 11.6 Å². The Balaban J connectivity index is 1.17. The van der Waals surface area contributed by atoms with Crippen LogP contribution in [0, 0.1) is 31.6 Å². The molecule has 2 aliphatic heterocycles. The van der Waals surface area contributed by atoms with E-state index in [1.165, 1.54) is 12.8 Å². The quantitative estimate of drug-likeness (QED) is 0.561. The fourth-order valence-corrected chi connectivity index (χ4v) is 6.21. The van der Waals surface area contributed by atoms with Gasteiger partial charge in [0.2, 0.25) is 5.95 Å². The molecule has 1 aromatic heterocycles. The molecule has 0 spiro atoms. The van der Waals surface area contributed by atoms with E-state index in [0.717, 1.165) is 72.5 Å². The second-order valence-electron chi connectivity index (χ2n) is 10.8. The number of aliphatic carboxylic acids is 1. The Hall–Kier alpha value is -2.38. The van der Waals surface area contributed by atoms with Crippen molar-refractivity contribution in [1.82, 2.24) is 14.9 Å². The van der Waals surface area contributed by atoms with Gasteiger partial charge in [-0.1, -0.05) is 23.7 Å². The molecule has 3 fully saturated rings. The summed E-state index contributed by atoms with van der Waals surface area (Å²) in [5, 5.41) is 13.5. The molecule has 7 nitrogen and oxygen atoms in total. The molecule has 1 aliphatic carbocycles. The molecule has 35 heavy (non-hydrogen) atoms. The van der Waals surface area contributed by atoms with E-state index in [0.29, 0.717) is 17.9 Å². The van der Waals surface area contributed by atoms with Crippen LogP contribution in [0.25, 0.3) is 0 Å². The number of rotatable bonds is 7. The Kier molecular flexibility index (Phi) is 6.91. The zero-order chi connectivity index (χ0) is 24.7. The molecular weight excluding hydrogens is 462 g/mol. The molecule has 2 N–H and O–H groups in total. The molecule has 2 unspecified atom stereocenters. The first-order valence-electron chi connectivity index (χ1n) is 12.9. The number of nitrogens with zero attached hydrogens (tertiary/aromatic N) is 4. The Morgan fingerprint density at radius 1 is 1.20 bits per heavy atom. The fourth-order valence-electron chi connectivity index (χ4n) is 5.82. The summed E-state index contributed by atoms with van der Waals surface area (Å²) in [5.41, 5.74) is 3.23. The van der Waals surface area contributed by atoms with Crippen LogP contribution in [0.3, 0.4) is 0 Å². The van der Waals surface area contributed by atoms with E-state index in [4.69, 9.17) is 16.6 Å². The summed E-state index contributed by atoms with van der Waals surface area (Å²) in [6, 6.07) is 6.66. The van der Waals surface area contributed by atoms with Gasteiger partial charge in [-0.2, -0.15) is 4.98 Å². The lowest BCUT2D eigenvalue weighted by Gasteiger charge is -2.50. The number of hydrogen-bond donors (Lipinski definition) is 2. The van der Waals surface area contributed by atoms with E-state index in [-0.39, 0.29) is 12.0 Å². The summed E-state index contributed by atoms with van der Waals surface area (Å²) in [6.07, 6.45) is 6.01. The van der Waals surface area contributed by atoms with Crippen molar-refractivity contribution >= 4 is 29.3 Å². The van der Waals surface area contributed by atoms with Crippen LogP contribution in [0.4, 0.5) is 11.8 Å². The molecule has 0 bridgehead atoms. The third kappa shape index (κ3) is 5.12. The zero-order valence-corrected chi connectivity index (χ0v) is 21.6. The normalized spacial score (nSPS) is 26.1. The number of carboxylic acid groups (broad SMARTS) is 1. The number of carboxylic acids is 1. The smallest absolute Gasteiger partial charge is 0.306 e. The average molecular weight is 498 g/mol. The predicted octanol–water partition coefficient (Wildman–Crippen LogP) is 4.93. The third-order valence-corrected chi connectivity index (χ3v) is 8.59. The first kappa shape index (κ1) is 24.3. The van der Waals surface area contributed by atoms with E-state index < -0.39 is 5.97 Å². The van der Waals surface area contributed by atoms with Crippen LogP contribution in [0.2, 0.25) is 5.02 Å². The summed E-state index contributed by atoms with van der Waals surface area (Å²) in [5.74, 6) is 2.20. The van der Waals surface area contributed by atoms with Crippen molar-refractivity contribution in [2.75, 3.05) is 36.4 Å². The van der Waals surface area contributed by atoms with Crippen LogP contribution in [-0.2, 0) is 4.79 Å². The standard InChI is InChI=1S/C27H36ClN5O2/c1-16-6-7-23(24(28)9-16)18(3)30-25-17(2)12-29-27(31-25)33-14-21(15-33)19-5-4-8-32(13-19)22-10-20(11-22)26(34)35/h6-7,9,12,18-22H,4-5,8,10-11,13-15H2,1-3H3,(H,34,35)(H,29,30,31). The van der Waals surface area contributed by atoms with Gasteiger partial charge in [-0.3, -0.25) is 4.79 Å². The summed E-state index contributed by atoms with van der Waals surface area (Å²) in [6.45, 7) is 10.4. The van der Waals surface area contributed by atoms with Gasteiger partial charge in [0, 0.05) is 42.5 Å². The van der Waals surface area contributed by atoms with Crippen molar-refractivity contribution in [2.24, 2.45) is 17.8 Å². The molecule has 8 heteroatoms. The number of nitrogens with one attached hydrogen (secondary N) is 1. The molecule has 3 aliphatic rings. The second kappa shape index (κ2) is 9.94. The Morgan fingerprint density at radius 3 is 2.69 bits per heavy atom. The fraction of sp³-hybridized carbons (Fsp3) is 0.593. The van der Waals surface area contributed by atoms with Gasteiger partial charge in [0.05, 0.1) is 12.0 Å². The van der Waals surface area contributed by atoms with Gasteiger partial charge >= 0.3 is 5.97 Å². The zero-order valence-electron chi connectivity index (χ0n) is 20.9. The van der Waals surface area contributed by atoms with Crippen molar-refractivity contribution in [3.05, 3.63) is 46.1 Å². The van der Waals surface area contributed by atoms with E-state index in [9.17, 15) is 9.90 Å². The van der Waals surface area contributed by atoms with Crippen LogP contribution in [0.1, 0.15) is 55.3 Å². The third-order valence-electron chi connectivity index (χ3n) is 8.26. The maximum absolute atomic E-state index is 11.2. The number of benzene rings is 1. The first-order valence-corrected chi connectivity index (χ1v) is 13.2. The van der Waals surface area contributed by atoms with Gasteiger partial charge < -0.3 is 20.2 Å². The predicted molar refractivity (Wildman–Crippen MR) is 139 cm³/mol. The minimum Gasteiger partial charge on any atom is -0.481 e. The molecule has 2 saturated heterocycles. The van der Waals surface area contributed by atoms with Crippen LogP contribution in [-0.4, -0.2) is 58.2 Å². The number of aryl methyl sites for hydroxylation is 2. The topological polar surface area (TPSA) is 81.6 Å². The number of hydrogen-bond acceptors (Lipinski definition) is 6. The van der Waals surface area contributed by atoms with Gasteiger partial charge in [0.25, 0.3) is 0 Å². The first-order chi connectivity index (χ1) is 16.8. The summed E-state index contributed by atoms with van der Waals surface area (Å²) < 4.78 is 0. The van der Waals surface area contributed by atoms with E-state index in [2.05, 4.69) is 39.2 Å². The van der Waals surface area contributed by atoms with Crippen LogP contribution < -0.4 is 10.2 Å². The average Bonchev–Trinajstić information content (AvgIpc) is 2.74. The molecule has 0 radical (unpaired) electrons. The molecule has 1 saturated carbocycles. The molecule has 2 aromatic rings. The summed E-state index contributed by atoms with van der Waals surface area (Å²) in [7, 11) is 0. The number of halogens is 1. The van der Waals surface area contributed by atoms with Crippen molar-refractivity contribution in [2.45, 2.75) is 58.5 Å². The Labute approximate surface area is 212 Å². The van der Waals surface area contributed by atoms with Crippen molar-refractivity contribution in [3.63, 3.8) is 0 Å². The molecule has 3 heterocycles. The lowest BCUT2D eigenvalue weighted by molar-refractivity contribution is -0.147. The molecule has 5 rings (SSSR count). The lowest BCUT2D eigenvalue weighted by atomic mass is 9.76. The minimum absolute atomic E-state index is 0.0362. The van der Waals surface area contributed by atoms with Crippen LogP contribution in [0.15, 0.2) is 24.4 Å². The van der Waals surface area contributed by atoms with Crippen molar-refractivity contribution in [1.29, 1.82) is 0 Å². The van der Waals surface area contributed by atoms with Gasteiger partial charge in [-0.05, 0) is 82.0 Å². The van der Waals surface area contributed by atoms with Gasteiger partial charge in [-0.15, -0.1) is 0 Å². The van der Waals surface area contributed by atoms with Crippen molar-refractivity contribution < 1.29 is 9.90 Å². The maximum atomic E-state index is 11.2. The molecule has 188 valence electrons. The van der Waals surface area contributed by atoms with Crippen molar-refractivity contribution in [3.8, 4) is 0 Å². The Morgan fingerprint density at radius 2 is 1.97 bits per heavy atom. The molecule has 2 atom stereocenters. The maximum Gasteiger partial charge on any atom is 0.306 e. The van der Waals surface area contributed by atoms with Gasteiger partial charge in [-0.25, -0.2) is 4.98 Å². The lowest BCUT2D eigenvalue weighted by Crippen LogP contribution is -2.56. The van der Waals surface area contributed by atoms with E-state index >= 15 is 0 Å². The highest BCUT2D eigenvalue weighted by Gasteiger charge is 2.42.